The third-order valence-electron chi connectivity index (χ3n) is 7.62. The lowest BCUT2D eigenvalue weighted by molar-refractivity contribution is 0.102. The summed E-state index contributed by atoms with van der Waals surface area (Å²) in [7, 11) is 0. The summed E-state index contributed by atoms with van der Waals surface area (Å²) in [5.41, 5.74) is 5.11. The molecule has 4 aromatic rings. The number of aromatic amines is 1. The number of hydrogen-bond donors (Lipinski definition) is 2. The molecule has 8 nitrogen and oxygen atoms in total. The van der Waals surface area contributed by atoms with Crippen molar-refractivity contribution in [3.05, 3.63) is 66.2 Å². The SMILES string of the molecule is CC1CCN(Cc2cncc(-c3ccc4[nH]nc(C(=O)Nc5ccc(N6CCCC6)nc5)c4c3)c2)CC1. The summed E-state index contributed by atoms with van der Waals surface area (Å²) in [4.78, 5) is 27.0. The first kappa shape index (κ1) is 23.6. The highest BCUT2D eigenvalue weighted by molar-refractivity contribution is 6.11. The van der Waals surface area contributed by atoms with Gasteiger partial charge in [-0.05, 0) is 86.1 Å². The monoisotopic (exact) mass is 495 g/mol. The third kappa shape index (κ3) is 5.20. The van der Waals surface area contributed by atoms with Gasteiger partial charge in [-0.2, -0.15) is 5.10 Å². The van der Waals surface area contributed by atoms with E-state index < -0.39 is 0 Å². The minimum absolute atomic E-state index is 0.259. The van der Waals surface area contributed by atoms with Gasteiger partial charge in [-0.1, -0.05) is 13.0 Å². The van der Waals surface area contributed by atoms with Crippen LogP contribution in [0.4, 0.5) is 11.5 Å². The molecule has 0 saturated carbocycles. The van der Waals surface area contributed by atoms with Crippen molar-refractivity contribution < 1.29 is 4.79 Å². The van der Waals surface area contributed by atoms with E-state index >= 15 is 0 Å². The number of carbonyl (C=O) groups is 1. The lowest BCUT2D eigenvalue weighted by Gasteiger charge is -2.30. The molecule has 2 N–H and O–H groups in total. The van der Waals surface area contributed by atoms with Crippen LogP contribution in [0.15, 0.2) is 55.0 Å². The summed E-state index contributed by atoms with van der Waals surface area (Å²) in [5, 5.41) is 11.0. The van der Waals surface area contributed by atoms with E-state index in [0.29, 0.717) is 11.4 Å². The van der Waals surface area contributed by atoms with Gasteiger partial charge in [0, 0.05) is 43.0 Å². The molecule has 0 spiro atoms. The zero-order valence-electron chi connectivity index (χ0n) is 21.3. The molecule has 0 atom stereocenters. The van der Waals surface area contributed by atoms with Crippen LogP contribution in [-0.4, -0.2) is 57.2 Å². The van der Waals surface area contributed by atoms with Gasteiger partial charge in [0.25, 0.3) is 5.91 Å². The third-order valence-corrected chi connectivity index (χ3v) is 7.62. The molecule has 5 heterocycles. The molecule has 2 aliphatic rings. The molecule has 0 aliphatic carbocycles. The Morgan fingerprint density at radius 3 is 2.62 bits per heavy atom. The number of hydrogen-bond acceptors (Lipinski definition) is 6. The number of amides is 1. The van der Waals surface area contributed by atoms with Gasteiger partial charge in [0.2, 0.25) is 0 Å². The quantitative estimate of drug-likeness (QED) is 0.387. The van der Waals surface area contributed by atoms with E-state index in [4.69, 9.17) is 0 Å². The van der Waals surface area contributed by atoms with Gasteiger partial charge in [0.05, 0.1) is 17.4 Å². The lowest BCUT2D eigenvalue weighted by atomic mass is 9.98. The van der Waals surface area contributed by atoms with Crippen LogP contribution in [-0.2, 0) is 6.54 Å². The van der Waals surface area contributed by atoms with Gasteiger partial charge in [0.15, 0.2) is 5.69 Å². The molecule has 0 bridgehead atoms. The highest BCUT2D eigenvalue weighted by Gasteiger charge is 2.18. The summed E-state index contributed by atoms with van der Waals surface area (Å²) < 4.78 is 0. The Labute approximate surface area is 217 Å². The topological polar surface area (TPSA) is 90.0 Å². The molecule has 0 unspecified atom stereocenters. The van der Waals surface area contributed by atoms with E-state index in [1.807, 2.05) is 42.7 Å². The maximum atomic E-state index is 13.1. The number of benzene rings is 1. The predicted octanol–water partition coefficient (Wildman–Crippen LogP) is 5.10. The number of carbonyl (C=O) groups excluding carboxylic acids is 1. The molecule has 2 saturated heterocycles. The molecule has 2 aliphatic heterocycles. The van der Waals surface area contributed by atoms with Crippen LogP contribution < -0.4 is 10.2 Å². The molecule has 190 valence electrons. The Morgan fingerprint density at radius 2 is 1.84 bits per heavy atom. The van der Waals surface area contributed by atoms with E-state index in [9.17, 15) is 4.79 Å². The smallest absolute Gasteiger partial charge is 0.276 e. The zero-order valence-corrected chi connectivity index (χ0v) is 21.3. The standard InChI is InChI=1S/C29H33N7O/c1-20-8-12-35(13-9-20)19-21-14-23(17-30-16-21)22-4-6-26-25(15-22)28(34-33-26)29(37)32-24-5-7-27(31-18-24)36-10-2-3-11-36/h4-7,14-18,20H,2-3,8-13,19H2,1H3,(H,32,37)(H,33,34). The van der Waals surface area contributed by atoms with Gasteiger partial charge < -0.3 is 10.2 Å². The highest BCUT2D eigenvalue weighted by Crippen LogP contribution is 2.27. The fourth-order valence-corrected chi connectivity index (χ4v) is 5.36. The second kappa shape index (κ2) is 10.3. The van der Waals surface area contributed by atoms with Crippen molar-refractivity contribution in [2.75, 3.05) is 36.4 Å². The lowest BCUT2D eigenvalue weighted by Crippen LogP contribution is -2.32. The average Bonchev–Trinajstić information content (AvgIpc) is 3.61. The molecule has 8 heteroatoms. The van der Waals surface area contributed by atoms with Gasteiger partial charge in [0.1, 0.15) is 5.82 Å². The summed E-state index contributed by atoms with van der Waals surface area (Å²) in [6.45, 7) is 7.61. The van der Waals surface area contributed by atoms with Crippen LogP contribution in [0.25, 0.3) is 22.0 Å². The summed E-state index contributed by atoms with van der Waals surface area (Å²) in [6.07, 6.45) is 10.5. The second-order valence-corrected chi connectivity index (χ2v) is 10.4. The molecule has 2 fully saturated rings. The van der Waals surface area contributed by atoms with E-state index in [2.05, 4.69) is 48.3 Å². The van der Waals surface area contributed by atoms with E-state index in [1.54, 1.807) is 6.20 Å². The Bertz CT molecular complexity index is 1380. The van der Waals surface area contributed by atoms with Crippen LogP contribution in [0.5, 0.6) is 0 Å². The van der Waals surface area contributed by atoms with Gasteiger partial charge in [-0.15, -0.1) is 0 Å². The molecular formula is C29H33N7O. The number of piperidine rings is 1. The minimum atomic E-state index is -0.259. The number of nitrogens with one attached hydrogen (secondary N) is 2. The number of anilines is 2. The molecule has 1 amide bonds. The highest BCUT2D eigenvalue weighted by atomic mass is 16.1. The summed E-state index contributed by atoms with van der Waals surface area (Å²) in [6, 6.07) is 12.1. The molecule has 0 radical (unpaired) electrons. The van der Waals surface area contributed by atoms with Gasteiger partial charge >= 0.3 is 0 Å². The van der Waals surface area contributed by atoms with Crippen molar-refractivity contribution >= 4 is 28.3 Å². The normalized spacial score (nSPS) is 16.9. The summed E-state index contributed by atoms with van der Waals surface area (Å²) >= 11 is 0. The number of aromatic nitrogens is 4. The molecular weight excluding hydrogens is 462 g/mol. The molecule has 6 rings (SSSR count). The number of likely N-dealkylation sites (tertiary alicyclic amines) is 1. The Balaban J connectivity index is 1.19. The van der Waals surface area contributed by atoms with Crippen molar-refractivity contribution in [3.63, 3.8) is 0 Å². The van der Waals surface area contributed by atoms with Crippen LogP contribution >= 0.6 is 0 Å². The predicted molar refractivity (Wildman–Crippen MR) is 147 cm³/mol. The van der Waals surface area contributed by atoms with Crippen molar-refractivity contribution in [1.29, 1.82) is 0 Å². The van der Waals surface area contributed by atoms with E-state index in [1.165, 1.54) is 31.2 Å². The van der Waals surface area contributed by atoms with Crippen LogP contribution in [0.3, 0.4) is 0 Å². The van der Waals surface area contributed by atoms with Crippen molar-refractivity contribution in [3.8, 4) is 11.1 Å². The van der Waals surface area contributed by atoms with Gasteiger partial charge in [-0.25, -0.2) is 4.98 Å². The first-order valence-electron chi connectivity index (χ1n) is 13.3. The molecule has 3 aromatic heterocycles. The number of fused-ring (bicyclic) bond motifs is 1. The molecule has 37 heavy (non-hydrogen) atoms. The van der Waals surface area contributed by atoms with E-state index in [0.717, 1.165) is 66.5 Å². The Morgan fingerprint density at radius 1 is 1.00 bits per heavy atom. The number of pyridine rings is 2. The largest absolute Gasteiger partial charge is 0.357 e. The maximum absolute atomic E-state index is 13.1. The van der Waals surface area contributed by atoms with E-state index in [-0.39, 0.29) is 5.91 Å². The summed E-state index contributed by atoms with van der Waals surface area (Å²) in [5.74, 6) is 1.51. The van der Waals surface area contributed by atoms with Crippen molar-refractivity contribution in [2.24, 2.45) is 5.92 Å². The van der Waals surface area contributed by atoms with Crippen molar-refractivity contribution in [1.82, 2.24) is 25.1 Å². The van der Waals surface area contributed by atoms with Gasteiger partial charge in [-0.3, -0.25) is 19.8 Å². The molecule has 1 aromatic carbocycles. The Hall–Kier alpha value is -3.78. The Kier molecular flexibility index (Phi) is 6.57. The van der Waals surface area contributed by atoms with Crippen LogP contribution in [0.1, 0.15) is 48.7 Å². The maximum Gasteiger partial charge on any atom is 0.276 e. The fraction of sp³-hybridized carbons (Fsp3) is 0.379. The first-order valence-corrected chi connectivity index (χ1v) is 13.3. The number of rotatable bonds is 6. The number of nitrogens with zero attached hydrogens (tertiary/aromatic N) is 5. The minimum Gasteiger partial charge on any atom is -0.357 e. The fourth-order valence-electron chi connectivity index (χ4n) is 5.36. The zero-order chi connectivity index (χ0) is 25.2. The number of H-pyrrole nitrogens is 1. The van der Waals surface area contributed by atoms with Crippen LogP contribution in [0, 0.1) is 5.92 Å². The van der Waals surface area contributed by atoms with Crippen molar-refractivity contribution in [2.45, 2.75) is 39.2 Å². The first-order chi connectivity index (χ1) is 18.1. The average molecular weight is 496 g/mol. The van der Waals surface area contributed by atoms with Crippen LogP contribution in [0.2, 0.25) is 0 Å². The second-order valence-electron chi connectivity index (χ2n) is 10.4.